The van der Waals surface area contributed by atoms with Crippen LogP contribution < -0.4 is 0 Å². The maximum Gasteiger partial charge on any atom is 0.210 e. The zero-order valence-corrected chi connectivity index (χ0v) is 9.97. The normalized spacial score (nSPS) is 10.2. The summed E-state index contributed by atoms with van der Waals surface area (Å²) in [5.74, 6) is -0.212. The highest BCUT2D eigenvalue weighted by atomic mass is 32.2. The van der Waals surface area contributed by atoms with Crippen molar-refractivity contribution in [2.24, 2.45) is 0 Å². The lowest BCUT2D eigenvalue weighted by molar-refractivity contribution is 0.627. The Morgan fingerprint density at radius 1 is 0.765 bits per heavy atom. The van der Waals surface area contributed by atoms with Gasteiger partial charge in [0.05, 0.1) is 0 Å². The standard InChI is InChI=1S/C14H12O2S/c15-17(16)11-14(12-7-3-1-4-8-12)13-9-5-2-6-10-13/h1-11,14H. The van der Waals surface area contributed by atoms with Gasteiger partial charge < -0.3 is 0 Å². The van der Waals surface area contributed by atoms with E-state index in [1.54, 1.807) is 0 Å². The van der Waals surface area contributed by atoms with Crippen LogP contribution in [0.25, 0.3) is 0 Å². The van der Waals surface area contributed by atoms with E-state index >= 15 is 0 Å². The quantitative estimate of drug-likeness (QED) is 0.777. The van der Waals surface area contributed by atoms with Gasteiger partial charge in [0.15, 0.2) is 0 Å². The van der Waals surface area contributed by atoms with Crippen LogP contribution in [0.4, 0.5) is 0 Å². The molecular formula is C14H12O2S. The number of hydrogen-bond acceptors (Lipinski definition) is 2. The van der Waals surface area contributed by atoms with Gasteiger partial charge in [-0.1, -0.05) is 60.7 Å². The first-order valence-corrected chi connectivity index (χ1v) is 6.44. The zero-order valence-electron chi connectivity index (χ0n) is 9.15. The molecule has 0 amide bonds. The first-order chi connectivity index (χ1) is 8.27. The van der Waals surface area contributed by atoms with E-state index in [4.69, 9.17) is 0 Å². The van der Waals surface area contributed by atoms with Gasteiger partial charge >= 0.3 is 0 Å². The lowest BCUT2D eigenvalue weighted by atomic mass is 9.93. The maximum absolute atomic E-state index is 10.9. The molecule has 0 aliphatic carbocycles. The number of rotatable bonds is 3. The van der Waals surface area contributed by atoms with Crippen molar-refractivity contribution in [3.63, 3.8) is 0 Å². The van der Waals surface area contributed by atoms with Gasteiger partial charge in [-0.2, -0.15) is 8.42 Å². The Kier molecular flexibility index (Phi) is 3.73. The van der Waals surface area contributed by atoms with Crippen LogP contribution in [0.5, 0.6) is 0 Å². The molecule has 17 heavy (non-hydrogen) atoms. The van der Waals surface area contributed by atoms with E-state index in [9.17, 15) is 8.42 Å². The van der Waals surface area contributed by atoms with Crippen molar-refractivity contribution in [2.45, 2.75) is 5.92 Å². The molecule has 0 aliphatic rings. The highest BCUT2D eigenvalue weighted by Crippen LogP contribution is 2.22. The molecule has 2 aromatic rings. The number of benzene rings is 2. The monoisotopic (exact) mass is 244 g/mol. The summed E-state index contributed by atoms with van der Waals surface area (Å²) in [5.41, 5.74) is 1.95. The predicted molar refractivity (Wildman–Crippen MR) is 69.7 cm³/mol. The van der Waals surface area contributed by atoms with Crippen LogP contribution >= 0.6 is 0 Å². The molecule has 0 saturated carbocycles. The number of hydrogen-bond donors (Lipinski definition) is 0. The third-order valence-corrected chi connectivity index (χ3v) is 3.06. The Balaban J connectivity index is 2.51. The zero-order chi connectivity index (χ0) is 12.1. The molecule has 0 radical (unpaired) electrons. The maximum atomic E-state index is 10.9. The summed E-state index contributed by atoms with van der Waals surface area (Å²) in [5, 5.41) is 1.32. The summed E-state index contributed by atoms with van der Waals surface area (Å²) in [4.78, 5) is 0. The second kappa shape index (κ2) is 5.46. The van der Waals surface area contributed by atoms with Crippen molar-refractivity contribution in [2.75, 3.05) is 0 Å². The summed E-state index contributed by atoms with van der Waals surface area (Å²) in [7, 11) is -2.17. The molecule has 2 rings (SSSR count). The first kappa shape index (κ1) is 11.6. The van der Waals surface area contributed by atoms with Gasteiger partial charge in [0.1, 0.15) is 0 Å². The molecule has 0 heterocycles. The predicted octanol–water partition coefficient (Wildman–Crippen LogP) is 2.50. The lowest BCUT2D eigenvalue weighted by Gasteiger charge is -2.11. The second-order valence-corrected chi connectivity index (χ2v) is 4.49. The van der Waals surface area contributed by atoms with E-state index in [1.807, 2.05) is 60.7 Å². The molecule has 0 atom stereocenters. The summed E-state index contributed by atoms with van der Waals surface area (Å²) >= 11 is 0. The Morgan fingerprint density at radius 2 is 1.18 bits per heavy atom. The highest BCUT2D eigenvalue weighted by Gasteiger charge is 2.11. The van der Waals surface area contributed by atoms with Crippen LogP contribution in [0.3, 0.4) is 0 Å². The molecule has 2 aromatic carbocycles. The van der Waals surface area contributed by atoms with Gasteiger partial charge in [0.2, 0.25) is 10.3 Å². The van der Waals surface area contributed by atoms with E-state index in [2.05, 4.69) is 0 Å². The summed E-state index contributed by atoms with van der Waals surface area (Å²) in [6, 6.07) is 19.2. The van der Waals surface area contributed by atoms with E-state index < -0.39 is 10.3 Å². The van der Waals surface area contributed by atoms with Crippen LogP contribution in [0, 0.1) is 0 Å². The van der Waals surface area contributed by atoms with Crippen molar-refractivity contribution >= 4 is 15.7 Å². The van der Waals surface area contributed by atoms with Crippen molar-refractivity contribution in [1.29, 1.82) is 0 Å². The van der Waals surface area contributed by atoms with Crippen molar-refractivity contribution in [3.8, 4) is 0 Å². The van der Waals surface area contributed by atoms with Gasteiger partial charge in [-0.3, -0.25) is 0 Å². The molecule has 0 aliphatic heterocycles. The average Bonchev–Trinajstić information content (AvgIpc) is 2.38. The third-order valence-electron chi connectivity index (χ3n) is 2.56. The fourth-order valence-electron chi connectivity index (χ4n) is 1.78. The molecule has 0 saturated heterocycles. The summed E-state index contributed by atoms with van der Waals surface area (Å²) in [6.07, 6.45) is 0. The fourth-order valence-corrected chi connectivity index (χ4v) is 2.32. The Labute approximate surface area is 102 Å². The average molecular weight is 244 g/mol. The van der Waals surface area contributed by atoms with Crippen LogP contribution in [0.15, 0.2) is 60.7 Å². The molecule has 0 fully saturated rings. The molecule has 0 unspecified atom stereocenters. The summed E-state index contributed by atoms with van der Waals surface area (Å²) in [6.45, 7) is 0. The molecule has 0 N–H and O–H groups in total. The van der Waals surface area contributed by atoms with Crippen LogP contribution in [-0.4, -0.2) is 13.8 Å². The van der Waals surface area contributed by atoms with E-state index in [0.29, 0.717) is 0 Å². The molecule has 0 spiro atoms. The van der Waals surface area contributed by atoms with Crippen molar-refractivity contribution < 1.29 is 8.42 Å². The van der Waals surface area contributed by atoms with Gasteiger partial charge in [0.25, 0.3) is 0 Å². The molecule has 0 aromatic heterocycles. The highest BCUT2D eigenvalue weighted by molar-refractivity contribution is 7.71. The largest absolute Gasteiger partial charge is 0.210 e. The lowest BCUT2D eigenvalue weighted by Crippen LogP contribution is -2.02. The molecule has 3 heteroatoms. The van der Waals surface area contributed by atoms with Gasteiger partial charge in [-0.25, -0.2) is 0 Å². The van der Waals surface area contributed by atoms with E-state index in [-0.39, 0.29) is 5.92 Å². The minimum absolute atomic E-state index is 0.212. The molecule has 0 bridgehead atoms. The van der Waals surface area contributed by atoms with Gasteiger partial charge in [-0.05, 0) is 11.1 Å². The van der Waals surface area contributed by atoms with Gasteiger partial charge in [0, 0.05) is 11.3 Å². The van der Waals surface area contributed by atoms with E-state index in [0.717, 1.165) is 11.1 Å². The smallest absolute Gasteiger partial charge is 0.185 e. The van der Waals surface area contributed by atoms with Crippen LogP contribution in [0.2, 0.25) is 0 Å². The molecule has 86 valence electrons. The van der Waals surface area contributed by atoms with Crippen molar-refractivity contribution in [3.05, 3.63) is 71.8 Å². The Morgan fingerprint density at radius 3 is 1.53 bits per heavy atom. The first-order valence-electron chi connectivity index (χ1n) is 5.30. The second-order valence-electron chi connectivity index (χ2n) is 3.70. The third kappa shape index (κ3) is 3.04. The van der Waals surface area contributed by atoms with Crippen LogP contribution in [0.1, 0.15) is 17.0 Å². The minimum atomic E-state index is -2.17. The van der Waals surface area contributed by atoms with E-state index in [1.165, 1.54) is 5.37 Å². The SMILES string of the molecule is O=S(=O)=CC(c1ccccc1)c1ccccc1. The fraction of sp³-hybridized carbons (Fsp3) is 0.0714. The molecule has 2 nitrogen and oxygen atoms in total. The Bertz CT molecular complexity index is 554. The topological polar surface area (TPSA) is 34.1 Å². The molecular weight excluding hydrogens is 232 g/mol. The Hall–Kier alpha value is -1.87. The minimum Gasteiger partial charge on any atom is -0.185 e. The van der Waals surface area contributed by atoms with Crippen LogP contribution in [-0.2, 0) is 10.3 Å². The summed E-state index contributed by atoms with van der Waals surface area (Å²) < 4.78 is 21.8. The van der Waals surface area contributed by atoms with Gasteiger partial charge in [-0.15, -0.1) is 0 Å². The van der Waals surface area contributed by atoms with Crippen molar-refractivity contribution in [1.82, 2.24) is 0 Å².